The second kappa shape index (κ2) is 11.1. The highest BCUT2D eigenvalue weighted by Gasteiger charge is 2.21. The number of thioether (sulfide) groups is 1. The molecule has 0 atom stereocenters. The number of rotatable bonds is 9. The van der Waals surface area contributed by atoms with Crippen LogP contribution < -0.4 is 5.32 Å². The fraction of sp³-hybridized carbons (Fsp3) is 0.292. The van der Waals surface area contributed by atoms with Gasteiger partial charge >= 0.3 is 5.97 Å². The van der Waals surface area contributed by atoms with Gasteiger partial charge in [-0.15, -0.1) is 21.5 Å². The molecule has 3 aromatic heterocycles. The van der Waals surface area contributed by atoms with E-state index in [0.717, 1.165) is 33.9 Å². The number of aryl methyl sites for hydroxylation is 2. The van der Waals surface area contributed by atoms with Crippen LogP contribution in [0.2, 0.25) is 0 Å². The Balaban J connectivity index is 1.48. The number of nitrogens with zero attached hydrogens (tertiary/aromatic N) is 4. The Morgan fingerprint density at radius 1 is 1.14 bits per heavy atom. The summed E-state index contributed by atoms with van der Waals surface area (Å²) in [6.07, 6.45) is 0. The first kappa shape index (κ1) is 25.1. The van der Waals surface area contributed by atoms with Gasteiger partial charge in [0, 0.05) is 27.9 Å². The van der Waals surface area contributed by atoms with Gasteiger partial charge in [-0.25, -0.2) is 9.78 Å². The molecule has 4 aromatic rings. The summed E-state index contributed by atoms with van der Waals surface area (Å²) in [4.78, 5) is 30.5. The Hall–Kier alpha value is -3.02. The van der Waals surface area contributed by atoms with E-state index in [4.69, 9.17) is 4.74 Å². The Labute approximate surface area is 215 Å². The van der Waals surface area contributed by atoms with Crippen LogP contribution in [0.15, 0.2) is 40.9 Å². The van der Waals surface area contributed by atoms with Crippen LogP contribution in [-0.4, -0.2) is 44.0 Å². The zero-order valence-electron chi connectivity index (χ0n) is 19.8. The Morgan fingerprint density at radius 3 is 2.63 bits per heavy atom. The van der Waals surface area contributed by atoms with Crippen LogP contribution in [0, 0.1) is 13.8 Å². The second-order valence-corrected chi connectivity index (χ2v) is 10.5. The molecule has 0 radical (unpaired) electrons. The number of ether oxygens (including phenoxy) is 1. The van der Waals surface area contributed by atoms with Crippen LogP contribution in [-0.2, 0) is 16.1 Å². The average Bonchev–Trinajstić information content (AvgIpc) is 3.54. The van der Waals surface area contributed by atoms with E-state index in [1.807, 2.05) is 29.7 Å². The summed E-state index contributed by atoms with van der Waals surface area (Å²) < 4.78 is 7.06. The third-order valence-corrected chi connectivity index (χ3v) is 8.08. The van der Waals surface area contributed by atoms with E-state index in [2.05, 4.69) is 44.9 Å². The van der Waals surface area contributed by atoms with Crippen molar-refractivity contribution in [3.8, 4) is 22.5 Å². The van der Waals surface area contributed by atoms with Gasteiger partial charge in [-0.1, -0.05) is 53.4 Å². The van der Waals surface area contributed by atoms with E-state index in [0.29, 0.717) is 27.4 Å². The SMILES string of the molecule is CCOC(=O)c1sc(NC(=O)CSc2nnc(-c3csc(C)c3-c3ccccc3)n2CC)nc1C. The Bertz CT molecular complexity index is 1340. The minimum atomic E-state index is -0.431. The minimum Gasteiger partial charge on any atom is -0.462 e. The lowest BCUT2D eigenvalue weighted by Crippen LogP contribution is -2.14. The van der Waals surface area contributed by atoms with Crippen molar-refractivity contribution in [2.75, 3.05) is 17.7 Å². The third-order valence-electron chi connectivity index (χ3n) is 5.15. The molecule has 0 aliphatic carbocycles. The molecule has 0 aliphatic rings. The Morgan fingerprint density at radius 2 is 1.91 bits per heavy atom. The normalized spacial score (nSPS) is 11.0. The van der Waals surface area contributed by atoms with Crippen LogP contribution >= 0.6 is 34.4 Å². The van der Waals surface area contributed by atoms with E-state index in [9.17, 15) is 9.59 Å². The summed E-state index contributed by atoms with van der Waals surface area (Å²) >= 11 is 4.11. The van der Waals surface area contributed by atoms with E-state index in [-0.39, 0.29) is 18.3 Å². The number of hydrogen-bond acceptors (Lipinski definition) is 9. The molecule has 8 nitrogen and oxygen atoms in total. The molecule has 4 rings (SSSR count). The maximum atomic E-state index is 12.6. The quantitative estimate of drug-likeness (QED) is 0.221. The topological polar surface area (TPSA) is 99.0 Å². The van der Waals surface area contributed by atoms with Crippen molar-refractivity contribution < 1.29 is 14.3 Å². The molecule has 0 unspecified atom stereocenters. The van der Waals surface area contributed by atoms with Crippen LogP contribution in [0.4, 0.5) is 5.13 Å². The molecular formula is C24H25N5O3S3. The maximum Gasteiger partial charge on any atom is 0.350 e. The number of esters is 1. The highest BCUT2D eigenvalue weighted by Crippen LogP contribution is 2.39. The number of carbonyl (C=O) groups excluding carboxylic acids is 2. The van der Waals surface area contributed by atoms with Gasteiger partial charge in [0.2, 0.25) is 5.91 Å². The van der Waals surface area contributed by atoms with Gasteiger partial charge in [0.25, 0.3) is 0 Å². The number of carbonyl (C=O) groups is 2. The summed E-state index contributed by atoms with van der Waals surface area (Å²) in [6, 6.07) is 10.3. The lowest BCUT2D eigenvalue weighted by molar-refractivity contribution is -0.113. The average molecular weight is 528 g/mol. The fourth-order valence-electron chi connectivity index (χ4n) is 3.58. The molecule has 1 aromatic carbocycles. The number of aromatic nitrogens is 4. The number of amides is 1. The van der Waals surface area contributed by atoms with Gasteiger partial charge in [-0.2, -0.15) is 0 Å². The predicted molar refractivity (Wildman–Crippen MR) is 141 cm³/mol. The third kappa shape index (κ3) is 5.47. The highest BCUT2D eigenvalue weighted by atomic mass is 32.2. The van der Waals surface area contributed by atoms with Gasteiger partial charge < -0.3 is 14.6 Å². The van der Waals surface area contributed by atoms with Crippen molar-refractivity contribution >= 4 is 51.4 Å². The minimum absolute atomic E-state index is 0.139. The van der Waals surface area contributed by atoms with Crippen molar-refractivity contribution in [1.82, 2.24) is 19.7 Å². The molecule has 1 amide bonds. The second-order valence-electron chi connectivity index (χ2n) is 7.49. The summed E-state index contributed by atoms with van der Waals surface area (Å²) in [5, 5.41) is 14.8. The van der Waals surface area contributed by atoms with Gasteiger partial charge in [-0.3, -0.25) is 4.79 Å². The van der Waals surface area contributed by atoms with E-state index in [1.165, 1.54) is 16.6 Å². The van der Waals surface area contributed by atoms with Crippen LogP contribution in [0.1, 0.15) is 34.1 Å². The predicted octanol–water partition coefficient (Wildman–Crippen LogP) is 5.67. The summed E-state index contributed by atoms with van der Waals surface area (Å²) in [7, 11) is 0. The monoisotopic (exact) mass is 527 g/mol. The molecular weight excluding hydrogens is 502 g/mol. The fourth-order valence-corrected chi connectivity index (χ4v) is 6.13. The number of hydrogen-bond donors (Lipinski definition) is 1. The molecule has 0 bridgehead atoms. The van der Waals surface area contributed by atoms with E-state index in [1.54, 1.807) is 25.2 Å². The van der Waals surface area contributed by atoms with Crippen LogP contribution in [0.3, 0.4) is 0 Å². The first-order valence-corrected chi connectivity index (χ1v) is 13.7. The Kier molecular flexibility index (Phi) is 7.99. The van der Waals surface area contributed by atoms with Gasteiger partial charge in [0.05, 0.1) is 18.1 Å². The number of benzene rings is 1. The summed E-state index contributed by atoms with van der Waals surface area (Å²) in [5.74, 6) is 0.259. The zero-order valence-corrected chi connectivity index (χ0v) is 22.3. The lowest BCUT2D eigenvalue weighted by Gasteiger charge is -2.09. The molecule has 11 heteroatoms. The van der Waals surface area contributed by atoms with Crippen molar-refractivity contribution in [2.24, 2.45) is 0 Å². The number of anilines is 1. The number of nitrogens with one attached hydrogen (secondary N) is 1. The van der Waals surface area contributed by atoms with Crippen molar-refractivity contribution in [1.29, 1.82) is 0 Å². The summed E-state index contributed by atoms with van der Waals surface area (Å²) in [5.41, 5.74) is 3.87. The van der Waals surface area contributed by atoms with Crippen molar-refractivity contribution in [3.05, 3.63) is 51.2 Å². The van der Waals surface area contributed by atoms with Crippen LogP contribution in [0.25, 0.3) is 22.5 Å². The first-order chi connectivity index (χ1) is 16.9. The standard InChI is InChI=1S/C24H25N5O3S3/c1-5-29-21(17-12-33-15(4)19(17)16-10-8-7-9-11-16)27-28-24(29)34-13-18(30)26-23-25-14(3)20(35-23)22(31)32-6-2/h7-12H,5-6,13H2,1-4H3,(H,25,26,30). The van der Waals surface area contributed by atoms with Gasteiger partial charge in [-0.05, 0) is 33.3 Å². The van der Waals surface area contributed by atoms with Gasteiger partial charge in [0.1, 0.15) is 4.88 Å². The molecule has 0 aliphatic heterocycles. The first-order valence-electron chi connectivity index (χ1n) is 11.1. The van der Waals surface area contributed by atoms with Crippen molar-refractivity contribution in [3.63, 3.8) is 0 Å². The van der Waals surface area contributed by atoms with Crippen LogP contribution in [0.5, 0.6) is 0 Å². The van der Waals surface area contributed by atoms with E-state index >= 15 is 0 Å². The smallest absolute Gasteiger partial charge is 0.350 e. The molecule has 35 heavy (non-hydrogen) atoms. The maximum absolute atomic E-state index is 12.6. The molecule has 0 spiro atoms. The number of thiazole rings is 1. The van der Waals surface area contributed by atoms with Crippen molar-refractivity contribution in [2.45, 2.75) is 39.4 Å². The molecule has 182 valence electrons. The molecule has 0 saturated heterocycles. The summed E-state index contributed by atoms with van der Waals surface area (Å²) in [6.45, 7) is 8.56. The zero-order chi connectivity index (χ0) is 24.9. The molecule has 0 saturated carbocycles. The van der Waals surface area contributed by atoms with E-state index < -0.39 is 5.97 Å². The lowest BCUT2D eigenvalue weighted by atomic mass is 10.0. The molecule has 0 fully saturated rings. The van der Waals surface area contributed by atoms with Gasteiger partial charge in [0.15, 0.2) is 16.1 Å². The molecule has 3 heterocycles. The largest absolute Gasteiger partial charge is 0.462 e. The molecule has 1 N–H and O–H groups in total. The number of thiophene rings is 1. The highest BCUT2D eigenvalue weighted by molar-refractivity contribution is 7.99.